The SMILES string of the molecule is COc1ccc(NC(=O)c2c(C)nn(-c3ccccc3)c2Cl)cc1Cl. The number of hydrogen-bond donors (Lipinski definition) is 1. The van der Waals surface area contributed by atoms with E-state index >= 15 is 0 Å². The second kappa shape index (κ2) is 7.17. The van der Waals surface area contributed by atoms with E-state index in [1.807, 2.05) is 30.3 Å². The highest BCUT2D eigenvalue weighted by Crippen LogP contribution is 2.29. The molecule has 0 atom stereocenters. The Morgan fingerprint density at radius 3 is 2.52 bits per heavy atom. The Bertz CT molecular complexity index is 924. The quantitative estimate of drug-likeness (QED) is 0.715. The molecule has 25 heavy (non-hydrogen) atoms. The number of rotatable bonds is 4. The van der Waals surface area contributed by atoms with Crippen LogP contribution in [0.5, 0.6) is 5.75 Å². The van der Waals surface area contributed by atoms with E-state index in [4.69, 9.17) is 27.9 Å². The van der Waals surface area contributed by atoms with Gasteiger partial charge in [0.1, 0.15) is 16.5 Å². The van der Waals surface area contributed by atoms with Gasteiger partial charge in [0.2, 0.25) is 0 Å². The molecule has 7 heteroatoms. The van der Waals surface area contributed by atoms with Crippen molar-refractivity contribution in [3.8, 4) is 11.4 Å². The number of carbonyl (C=O) groups is 1. The number of aryl methyl sites for hydroxylation is 1. The molecule has 1 aromatic heterocycles. The third kappa shape index (κ3) is 3.48. The van der Waals surface area contributed by atoms with Crippen LogP contribution in [0.25, 0.3) is 5.69 Å². The van der Waals surface area contributed by atoms with E-state index in [9.17, 15) is 4.79 Å². The summed E-state index contributed by atoms with van der Waals surface area (Å²) in [5.41, 5.74) is 2.17. The Kier molecular flexibility index (Phi) is 4.97. The number of anilines is 1. The van der Waals surface area contributed by atoms with Crippen LogP contribution in [-0.4, -0.2) is 22.8 Å². The summed E-state index contributed by atoms with van der Waals surface area (Å²) in [6.45, 7) is 1.74. The minimum atomic E-state index is -0.356. The van der Waals surface area contributed by atoms with Crippen LogP contribution >= 0.6 is 23.2 Å². The monoisotopic (exact) mass is 375 g/mol. The van der Waals surface area contributed by atoms with Gasteiger partial charge in [0.05, 0.1) is 23.5 Å². The largest absolute Gasteiger partial charge is 0.495 e. The molecule has 3 aromatic rings. The van der Waals surface area contributed by atoms with E-state index in [-0.39, 0.29) is 11.1 Å². The Hall–Kier alpha value is -2.50. The average molecular weight is 376 g/mol. The van der Waals surface area contributed by atoms with Crippen LogP contribution < -0.4 is 10.1 Å². The van der Waals surface area contributed by atoms with Gasteiger partial charge in [0, 0.05) is 5.69 Å². The average Bonchev–Trinajstić information content (AvgIpc) is 2.90. The molecule has 0 radical (unpaired) electrons. The standard InChI is InChI=1S/C18H15Cl2N3O2/c1-11-16(17(20)23(22-11)13-6-4-3-5-7-13)18(24)21-12-8-9-15(25-2)14(19)10-12/h3-10H,1-2H3,(H,21,24). The maximum Gasteiger partial charge on any atom is 0.260 e. The van der Waals surface area contributed by atoms with Gasteiger partial charge in [-0.1, -0.05) is 41.4 Å². The maximum atomic E-state index is 12.6. The van der Waals surface area contributed by atoms with E-state index < -0.39 is 0 Å². The molecular weight excluding hydrogens is 361 g/mol. The molecule has 128 valence electrons. The topological polar surface area (TPSA) is 56.1 Å². The Morgan fingerprint density at radius 2 is 1.88 bits per heavy atom. The zero-order valence-electron chi connectivity index (χ0n) is 13.6. The normalized spacial score (nSPS) is 10.6. The zero-order chi connectivity index (χ0) is 18.0. The van der Waals surface area contributed by atoms with Crippen LogP contribution in [0, 0.1) is 6.92 Å². The smallest absolute Gasteiger partial charge is 0.260 e. The van der Waals surface area contributed by atoms with Crippen molar-refractivity contribution in [3.05, 3.63) is 70.0 Å². The first kappa shape index (κ1) is 17.3. The summed E-state index contributed by atoms with van der Waals surface area (Å²) in [5, 5.41) is 7.80. The molecule has 1 N–H and O–H groups in total. The molecule has 0 spiro atoms. The van der Waals surface area contributed by atoms with Crippen LogP contribution in [0.3, 0.4) is 0 Å². The summed E-state index contributed by atoms with van der Waals surface area (Å²) in [7, 11) is 1.53. The summed E-state index contributed by atoms with van der Waals surface area (Å²) in [5.74, 6) is 0.177. The number of methoxy groups -OCH3 is 1. The number of ether oxygens (including phenoxy) is 1. The minimum Gasteiger partial charge on any atom is -0.495 e. The molecule has 0 aliphatic heterocycles. The van der Waals surface area contributed by atoms with Gasteiger partial charge in [0.15, 0.2) is 0 Å². The highest BCUT2D eigenvalue weighted by atomic mass is 35.5. The first-order valence-corrected chi connectivity index (χ1v) is 8.22. The lowest BCUT2D eigenvalue weighted by Crippen LogP contribution is -2.13. The molecule has 0 saturated carbocycles. The van der Waals surface area contributed by atoms with Crippen LogP contribution in [0.1, 0.15) is 16.1 Å². The summed E-state index contributed by atoms with van der Waals surface area (Å²) >= 11 is 12.5. The van der Waals surface area contributed by atoms with E-state index in [0.29, 0.717) is 27.7 Å². The van der Waals surface area contributed by atoms with Crippen LogP contribution in [-0.2, 0) is 0 Å². The molecule has 3 rings (SSSR count). The van der Waals surface area contributed by atoms with Gasteiger partial charge in [-0.05, 0) is 37.3 Å². The molecule has 0 aliphatic carbocycles. The first-order valence-electron chi connectivity index (χ1n) is 7.46. The van der Waals surface area contributed by atoms with Crippen molar-refractivity contribution in [2.45, 2.75) is 6.92 Å². The van der Waals surface area contributed by atoms with Crippen molar-refractivity contribution in [2.24, 2.45) is 0 Å². The summed E-state index contributed by atoms with van der Waals surface area (Å²) in [4.78, 5) is 12.6. The number of amides is 1. The molecule has 0 bridgehead atoms. The molecule has 0 fully saturated rings. The van der Waals surface area contributed by atoms with Gasteiger partial charge in [-0.3, -0.25) is 4.79 Å². The highest BCUT2D eigenvalue weighted by molar-refractivity contribution is 6.34. The van der Waals surface area contributed by atoms with E-state index in [1.165, 1.54) is 11.8 Å². The lowest BCUT2D eigenvalue weighted by atomic mass is 10.2. The van der Waals surface area contributed by atoms with E-state index in [0.717, 1.165) is 5.69 Å². The molecular formula is C18H15Cl2N3O2. The molecule has 0 saturated heterocycles. The van der Waals surface area contributed by atoms with Gasteiger partial charge < -0.3 is 10.1 Å². The van der Waals surface area contributed by atoms with E-state index in [2.05, 4.69) is 10.4 Å². The van der Waals surface area contributed by atoms with Crippen molar-refractivity contribution >= 4 is 34.8 Å². The van der Waals surface area contributed by atoms with Crippen LogP contribution in [0.4, 0.5) is 5.69 Å². The van der Waals surface area contributed by atoms with E-state index in [1.54, 1.807) is 25.1 Å². The third-order valence-electron chi connectivity index (χ3n) is 3.64. The number of nitrogens with zero attached hydrogens (tertiary/aromatic N) is 2. The molecule has 5 nitrogen and oxygen atoms in total. The first-order chi connectivity index (χ1) is 12.0. The molecule has 1 amide bonds. The summed E-state index contributed by atoms with van der Waals surface area (Å²) in [6, 6.07) is 14.4. The molecule has 1 heterocycles. The Labute approximate surface area is 155 Å². The van der Waals surface area contributed by atoms with Gasteiger partial charge in [0.25, 0.3) is 5.91 Å². The molecule has 2 aromatic carbocycles. The molecule has 0 unspecified atom stereocenters. The summed E-state index contributed by atoms with van der Waals surface area (Å²) < 4.78 is 6.64. The van der Waals surface area contributed by atoms with Crippen molar-refractivity contribution in [1.82, 2.24) is 9.78 Å². The van der Waals surface area contributed by atoms with Crippen molar-refractivity contribution in [2.75, 3.05) is 12.4 Å². The number of carbonyl (C=O) groups excluding carboxylic acids is 1. The van der Waals surface area contributed by atoms with Gasteiger partial charge in [-0.15, -0.1) is 0 Å². The number of benzene rings is 2. The number of hydrogen-bond acceptors (Lipinski definition) is 3. The zero-order valence-corrected chi connectivity index (χ0v) is 15.1. The lowest BCUT2D eigenvalue weighted by Gasteiger charge is -2.08. The van der Waals surface area contributed by atoms with Crippen LogP contribution in [0.2, 0.25) is 10.2 Å². The Balaban J connectivity index is 1.90. The maximum absolute atomic E-state index is 12.6. The fourth-order valence-corrected chi connectivity index (χ4v) is 3.05. The van der Waals surface area contributed by atoms with Crippen molar-refractivity contribution in [1.29, 1.82) is 0 Å². The fraction of sp³-hybridized carbons (Fsp3) is 0.111. The predicted molar refractivity (Wildman–Crippen MR) is 99.3 cm³/mol. The van der Waals surface area contributed by atoms with Gasteiger partial charge in [-0.2, -0.15) is 5.10 Å². The fourth-order valence-electron chi connectivity index (χ4n) is 2.44. The van der Waals surface area contributed by atoms with Crippen LogP contribution in [0.15, 0.2) is 48.5 Å². The van der Waals surface area contributed by atoms with Crippen molar-refractivity contribution < 1.29 is 9.53 Å². The number of para-hydroxylation sites is 1. The Morgan fingerprint density at radius 1 is 1.16 bits per heavy atom. The highest BCUT2D eigenvalue weighted by Gasteiger charge is 2.21. The number of halogens is 2. The number of aromatic nitrogens is 2. The van der Waals surface area contributed by atoms with Crippen molar-refractivity contribution in [3.63, 3.8) is 0 Å². The second-order valence-corrected chi connectivity index (χ2v) is 6.07. The number of nitrogens with one attached hydrogen (secondary N) is 1. The predicted octanol–water partition coefficient (Wildman–Crippen LogP) is 4.75. The summed E-state index contributed by atoms with van der Waals surface area (Å²) in [6.07, 6.45) is 0. The molecule has 0 aliphatic rings. The third-order valence-corrected chi connectivity index (χ3v) is 4.29. The minimum absolute atomic E-state index is 0.251. The van der Waals surface area contributed by atoms with Gasteiger partial charge in [-0.25, -0.2) is 4.68 Å². The van der Waals surface area contributed by atoms with Gasteiger partial charge >= 0.3 is 0 Å². The second-order valence-electron chi connectivity index (χ2n) is 5.30. The lowest BCUT2D eigenvalue weighted by molar-refractivity contribution is 0.102.